The summed E-state index contributed by atoms with van der Waals surface area (Å²) in [4.78, 5) is 36.6. The molecule has 0 heterocycles. The fraction of sp³-hybridized carbons (Fsp3) is 0.185. The van der Waals surface area contributed by atoms with E-state index >= 15 is 0 Å². The topological polar surface area (TPSA) is 118 Å². The van der Waals surface area contributed by atoms with Crippen LogP contribution in [0.5, 0.6) is 11.5 Å². The van der Waals surface area contributed by atoms with E-state index in [4.69, 9.17) is 32.7 Å². The van der Waals surface area contributed by atoms with Crippen LogP contribution in [0.25, 0.3) is 0 Å². The van der Waals surface area contributed by atoms with Crippen LogP contribution in [-0.4, -0.2) is 37.1 Å². The number of halogens is 2. The zero-order valence-corrected chi connectivity index (χ0v) is 22.0. The van der Waals surface area contributed by atoms with Gasteiger partial charge in [-0.2, -0.15) is 5.10 Å². The Morgan fingerprint density at radius 3 is 2.29 bits per heavy atom. The first-order chi connectivity index (χ1) is 18.3. The van der Waals surface area contributed by atoms with Gasteiger partial charge in [0.15, 0.2) is 6.61 Å². The molecule has 0 saturated heterocycles. The highest BCUT2D eigenvalue weighted by atomic mass is 35.5. The van der Waals surface area contributed by atoms with Crippen molar-refractivity contribution in [2.75, 3.05) is 23.8 Å². The lowest BCUT2D eigenvalue weighted by Crippen LogP contribution is -2.32. The van der Waals surface area contributed by atoms with E-state index in [1.54, 1.807) is 66.7 Å². The lowest BCUT2D eigenvalue weighted by atomic mass is 10.2. The summed E-state index contributed by atoms with van der Waals surface area (Å²) in [7, 11) is 0. The van der Waals surface area contributed by atoms with E-state index in [1.807, 2.05) is 0 Å². The largest absolute Gasteiger partial charge is 0.494 e. The third-order valence-corrected chi connectivity index (χ3v) is 5.32. The van der Waals surface area contributed by atoms with Gasteiger partial charge in [-0.3, -0.25) is 14.4 Å². The third kappa shape index (κ3) is 9.42. The molecule has 11 heteroatoms. The Hall–Kier alpha value is -4.08. The van der Waals surface area contributed by atoms with E-state index in [9.17, 15) is 14.4 Å². The monoisotopic (exact) mass is 556 g/mol. The predicted octanol–water partition coefficient (Wildman–Crippen LogP) is 5.28. The highest BCUT2D eigenvalue weighted by Gasteiger charge is 2.13. The van der Waals surface area contributed by atoms with Gasteiger partial charge in [0, 0.05) is 27.0 Å². The number of nitrogens with one attached hydrogen (secondary N) is 3. The highest BCUT2D eigenvalue weighted by molar-refractivity contribution is 6.39. The molecule has 0 aliphatic carbocycles. The standard InChI is InChI=1S/C27H26Cl2N4O5/c1-2-3-12-37-23-10-8-21(9-11-23)32-26(35)27(36)33-30-16-18-6-4-5-7-24(18)38-17-25(34)31-22-14-19(28)13-20(29)15-22/h4-11,13-16H,2-3,12,17H2,1H3,(H,31,34)(H,32,35)(H,33,36)/b30-16-. The second-order valence-corrected chi connectivity index (χ2v) is 8.79. The van der Waals surface area contributed by atoms with E-state index in [1.165, 1.54) is 6.21 Å². The number of rotatable bonds is 11. The summed E-state index contributed by atoms with van der Waals surface area (Å²) in [5.74, 6) is -1.25. The minimum atomic E-state index is -0.956. The maximum absolute atomic E-state index is 12.3. The first kappa shape index (κ1) is 28.5. The number of carbonyl (C=O) groups is 3. The van der Waals surface area contributed by atoms with Crippen LogP contribution in [0.1, 0.15) is 25.3 Å². The summed E-state index contributed by atoms with van der Waals surface area (Å²) in [6, 6.07) is 18.1. The smallest absolute Gasteiger partial charge is 0.329 e. The molecule has 0 aromatic heterocycles. The van der Waals surface area contributed by atoms with Gasteiger partial charge in [-0.1, -0.05) is 48.7 Å². The number of ether oxygens (including phenoxy) is 2. The molecule has 198 valence electrons. The molecule has 3 aromatic rings. The van der Waals surface area contributed by atoms with Gasteiger partial charge in [-0.05, 0) is 61.0 Å². The van der Waals surface area contributed by atoms with Gasteiger partial charge >= 0.3 is 11.8 Å². The molecule has 0 bridgehead atoms. The van der Waals surface area contributed by atoms with Crippen molar-refractivity contribution in [1.29, 1.82) is 0 Å². The number of amides is 3. The number of hydrazone groups is 1. The summed E-state index contributed by atoms with van der Waals surface area (Å²) < 4.78 is 11.2. The molecule has 0 aliphatic heterocycles. The molecule has 3 N–H and O–H groups in total. The average Bonchev–Trinajstić information content (AvgIpc) is 2.88. The highest BCUT2D eigenvalue weighted by Crippen LogP contribution is 2.22. The fourth-order valence-corrected chi connectivity index (χ4v) is 3.58. The number of unbranched alkanes of at least 4 members (excludes halogenated alkanes) is 1. The number of para-hydroxylation sites is 1. The fourth-order valence-electron chi connectivity index (χ4n) is 3.05. The van der Waals surface area contributed by atoms with Crippen molar-refractivity contribution in [2.45, 2.75) is 19.8 Å². The summed E-state index contributed by atoms with van der Waals surface area (Å²) >= 11 is 11.9. The van der Waals surface area contributed by atoms with Crippen LogP contribution in [0.4, 0.5) is 11.4 Å². The molecule has 0 saturated carbocycles. The Morgan fingerprint density at radius 1 is 0.868 bits per heavy atom. The zero-order chi connectivity index (χ0) is 27.3. The van der Waals surface area contributed by atoms with E-state index in [2.05, 4.69) is 28.1 Å². The molecule has 9 nitrogen and oxygen atoms in total. The molecule has 38 heavy (non-hydrogen) atoms. The van der Waals surface area contributed by atoms with Gasteiger partial charge in [0.2, 0.25) is 0 Å². The molecule has 0 spiro atoms. The molecule has 0 radical (unpaired) electrons. The number of hydrogen-bond acceptors (Lipinski definition) is 6. The van der Waals surface area contributed by atoms with Crippen molar-refractivity contribution >= 4 is 58.5 Å². The summed E-state index contributed by atoms with van der Waals surface area (Å²) in [5.41, 5.74) is 3.52. The Bertz CT molecular complexity index is 1280. The van der Waals surface area contributed by atoms with Gasteiger partial charge < -0.3 is 20.1 Å². The third-order valence-electron chi connectivity index (χ3n) is 4.88. The van der Waals surface area contributed by atoms with Crippen LogP contribution >= 0.6 is 23.2 Å². The minimum Gasteiger partial charge on any atom is -0.494 e. The molecular weight excluding hydrogens is 531 g/mol. The SMILES string of the molecule is CCCCOc1ccc(NC(=O)C(=O)N/N=C\c2ccccc2OCC(=O)Nc2cc(Cl)cc(Cl)c2)cc1. The zero-order valence-electron chi connectivity index (χ0n) is 20.5. The van der Waals surface area contributed by atoms with Crippen molar-refractivity contribution in [3.8, 4) is 11.5 Å². The summed E-state index contributed by atoms with van der Waals surface area (Å²) in [6.45, 7) is 2.39. The van der Waals surface area contributed by atoms with E-state index in [0.717, 1.165) is 12.8 Å². The normalized spacial score (nSPS) is 10.6. The lowest BCUT2D eigenvalue weighted by molar-refractivity contribution is -0.136. The molecule has 0 fully saturated rings. The predicted molar refractivity (Wildman–Crippen MR) is 148 cm³/mol. The van der Waals surface area contributed by atoms with E-state index < -0.39 is 17.7 Å². The second-order valence-electron chi connectivity index (χ2n) is 7.91. The maximum atomic E-state index is 12.3. The minimum absolute atomic E-state index is 0.299. The van der Waals surface area contributed by atoms with Gasteiger partial charge in [0.1, 0.15) is 11.5 Å². The van der Waals surface area contributed by atoms with Gasteiger partial charge in [-0.25, -0.2) is 5.43 Å². The molecule has 3 amide bonds. The van der Waals surface area contributed by atoms with Crippen molar-refractivity contribution in [1.82, 2.24) is 5.43 Å². The number of carbonyl (C=O) groups excluding carboxylic acids is 3. The van der Waals surface area contributed by atoms with Crippen LogP contribution in [0.2, 0.25) is 10.0 Å². The Morgan fingerprint density at radius 2 is 1.58 bits per heavy atom. The molecule has 0 aliphatic rings. The van der Waals surface area contributed by atoms with Gasteiger partial charge in [0.25, 0.3) is 5.91 Å². The Balaban J connectivity index is 1.49. The van der Waals surface area contributed by atoms with Crippen molar-refractivity contribution in [3.63, 3.8) is 0 Å². The summed E-state index contributed by atoms with van der Waals surface area (Å²) in [5, 5.41) is 9.72. The van der Waals surface area contributed by atoms with Crippen LogP contribution < -0.4 is 25.5 Å². The average molecular weight is 557 g/mol. The molecular formula is C27H26Cl2N4O5. The molecule has 3 aromatic carbocycles. The number of benzene rings is 3. The van der Waals surface area contributed by atoms with Crippen molar-refractivity contribution in [2.24, 2.45) is 5.10 Å². The van der Waals surface area contributed by atoms with Crippen LogP contribution in [0.3, 0.4) is 0 Å². The van der Waals surface area contributed by atoms with Crippen LogP contribution in [-0.2, 0) is 14.4 Å². The van der Waals surface area contributed by atoms with Crippen LogP contribution in [0.15, 0.2) is 71.8 Å². The van der Waals surface area contributed by atoms with Crippen molar-refractivity contribution < 1.29 is 23.9 Å². The van der Waals surface area contributed by atoms with E-state index in [-0.39, 0.29) is 6.61 Å². The first-order valence-corrected chi connectivity index (χ1v) is 12.4. The lowest BCUT2D eigenvalue weighted by Gasteiger charge is -2.10. The Kier molecular flexibility index (Phi) is 11.0. The summed E-state index contributed by atoms with van der Waals surface area (Å²) in [6.07, 6.45) is 3.28. The molecule has 3 rings (SSSR count). The number of anilines is 2. The van der Waals surface area contributed by atoms with Gasteiger partial charge in [0.05, 0.1) is 12.8 Å². The number of nitrogens with zero attached hydrogens (tertiary/aromatic N) is 1. The van der Waals surface area contributed by atoms with Crippen LogP contribution in [0, 0.1) is 0 Å². The second kappa shape index (κ2) is 14.6. The molecule has 0 atom stereocenters. The van der Waals surface area contributed by atoms with Crippen molar-refractivity contribution in [3.05, 3.63) is 82.3 Å². The van der Waals surface area contributed by atoms with E-state index in [0.29, 0.717) is 45.1 Å². The molecule has 0 unspecified atom stereocenters. The first-order valence-electron chi connectivity index (χ1n) is 11.7. The van der Waals surface area contributed by atoms with Gasteiger partial charge in [-0.15, -0.1) is 0 Å². The maximum Gasteiger partial charge on any atom is 0.329 e. The Labute approximate surface area is 230 Å². The number of hydrogen-bond donors (Lipinski definition) is 3. The quantitative estimate of drug-likeness (QED) is 0.128.